The zero-order chi connectivity index (χ0) is 43.6. The third kappa shape index (κ3) is 5.98. The van der Waals surface area contributed by atoms with Crippen LogP contribution < -0.4 is 0 Å². The Morgan fingerprint density at radius 1 is 0.288 bits per heavy atom. The second-order valence-corrected chi connectivity index (χ2v) is 17.2. The van der Waals surface area contributed by atoms with Crippen molar-refractivity contribution in [2.45, 2.75) is 5.41 Å². The van der Waals surface area contributed by atoms with Crippen LogP contribution in [0.1, 0.15) is 22.3 Å². The van der Waals surface area contributed by atoms with E-state index in [0.717, 1.165) is 61.0 Å². The van der Waals surface area contributed by atoms with Gasteiger partial charge in [0, 0.05) is 27.5 Å². The van der Waals surface area contributed by atoms with Crippen molar-refractivity contribution in [1.82, 2.24) is 9.97 Å². The molecule has 2 aromatic heterocycles. The van der Waals surface area contributed by atoms with Crippen LogP contribution in [0.5, 0.6) is 0 Å². The standard InChI is InChI=1S/C63H40N2O/c1-4-16-43(17-5-1)62-64-58(45-33-37-61-55(38-45)54-25-13-15-27-60(54)66-61)40-59(65-62)53-36-35-48(49-22-10-11-23-50(49)53)42-30-28-41(29-31-42)44-32-34-52-51-24-12-14-26-56(51)63(57(52)39-44,46-18-6-2-7-19-46)47-20-8-3-9-21-47/h1-40H. The van der Waals surface area contributed by atoms with Crippen LogP contribution in [0.3, 0.4) is 0 Å². The number of aromatic nitrogens is 2. The summed E-state index contributed by atoms with van der Waals surface area (Å²) in [6.07, 6.45) is 0. The third-order valence-corrected chi connectivity index (χ3v) is 13.6. The van der Waals surface area contributed by atoms with E-state index in [1.165, 1.54) is 55.5 Å². The molecule has 3 nitrogen and oxygen atoms in total. The second kappa shape index (κ2) is 15.3. The molecule has 0 fully saturated rings. The summed E-state index contributed by atoms with van der Waals surface area (Å²) in [5.41, 5.74) is 18.5. The Morgan fingerprint density at radius 3 is 1.58 bits per heavy atom. The molecular weight excluding hydrogens is 801 g/mol. The van der Waals surface area contributed by atoms with Crippen LogP contribution in [0.2, 0.25) is 0 Å². The van der Waals surface area contributed by atoms with E-state index in [2.05, 4.69) is 212 Å². The first kappa shape index (κ1) is 37.9. The van der Waals surface area contributed by atoms with Gasteiger partial charge in [0.2, 0.25) is 0 Å². The molecule has 66 heavy (non-hydrogen) atoms. The Hall–Kier alpha value is -8.66. The minimum Gasteiger partial charge on any atom is -0.456 e. The minimum absolute atomic E-state index is 0.445. The maximum atomic E-state index is 6.19. The number of hydrogen-bond acceptors (Lipinski definition) is 3. The maximum Gasteiger partial charge on any atom is 0.160 e. The lowest BCUT2D eigenvalue weighted by Crippen LogP contribution is -2.28. The lowest BCUT2D eigenvalue weighted by atomic mass is 9.67. The van der Waals surface area contributed by atoms with E-state index in [0.29, 0.717) is 5.82 Å². The number of nitrogens with zero attached hydrogens (tertiary/aromatic N) is 2. The van der Waals surface area contributed by atoms with Gasteiger partial charge in [-0.05, 0) is 103 Å². The molecule has 12 aromatic rings. The lowest BCUT2D eigenvalue weighted by molar-refractivity contribution is 0.669. The zero-order valence-corrected chi connectivity index (χ0v) is 35.9. The first-order valence-corrected chi connectivity index (χ1v) is 22.6. The van der Waals surface area contributed by atoms with Gasteiger partial charge in [0.05, 0.1) is 16.8 Å². The average Bonchev–Trinajstić information content (AvgIpc) is 3.92. The number of fused-ring (bicyclic) bond motifs is 7. The van der Waals surface area contributed by atoms with Crippen LogP contribution in [0, 0.1) is 0 Å². The lowest BCUT2D eigenvalue weighted by Gasteiger charge is -2.34. The van der Waals surface area contributed by atoms with Crippen LogP contribution in [0.15, 0.2) is 247 Å². The minimum atomic E-state index is -0.445. The van der Waals surface area contributed by atoms with Crippen LogP contribution in [-0.2, 0) is 5.41 Å². The summed E-state index contributed by atoms with van der Waals surface area (Å²) in [5, 5.41) is 4.46. The molecule has 0 radical (unpaired) electrons. The predicted molar refractivity (Wildman–Crippen MR) is 271 cm³/mol. The fraction of sp³-hybridized carbons (Fsp3) is 0.0159. The van der Waals surface area contributed by atoms with Gasteiger partial charge in [-0.3, -0.25) is 0 Å². The highest BCUT2D eigenvalue weighted by molar-refractivity contribution is 6.07. The molecule has 0 saturated carbocycles. The predicted octanol–water partition coefficient (Wildman–Crippen LogP) is 16.2. The summed E-state index contributed by atoms with van der Waals surface area (Å²) in [6.45, 7) is 0. The Balaban J connectivity index is 0.906. The first-order chi connectivity index (χ1) is 32.7. The molecule has 0 amide bonds. The number of hydrogen-bond donors (Lipinski definition) is 0. The number of benzene rings is 10. The molecule has 13 rings (SSSR count). The maximum absolute atomic E-state index is 6.19. The normalized spacial score (nSPS) is 12.7. The highest BCUT2D eigenvalue weighted by atomic mass is 16.3. The van der Waals surface area contributed by atoms with Gasteiger partial charge in [0.25, 0.3) is 0 Å². The van der Waals surface area contributed by atoms with Gasteiger partial charge in [0.1, 0.15) is 11.2 Å². The molecule has 0 atom stereocenters. The first-order valence-electron chi connectivity index (χ1n) is 22.6. The van der Waals surface area contributed by atoms with E-state index in [4.69, 9.17) is 14.4 Å². The zero-order valence-electron chi connectivity index (χ0n) is 35.9. The monoisotopic (exact) mass is 840 g/mol. The Bertz CT molecular complexity index is 3760. The molecule has 2 heterocycles. The number of furan rings is 1. The van der Waals surface area contributed by atoms with E-state index in [1.807, 2.05) is 30.3 Å². The molecule has 0 unspecified atom stereocenters. The van der Waals surface area contributed by atoms with Gasteiger partial charge in [-0.15, -0.1) is 0 Å². The van der Waals surface area contributed by atoms with E-state index in [1.54, 1.807) is 0 Å². The van der Waals surface area contributed by atoms with Gasteiger partial charge in [0.15, 0.2) is 5.82 Å². The molecule has 1 aliphatic rings. The Kier molecular flexibility index (Phi) is 8.75. The highest BCUT2D eigenvalue weighted by Gasteiger charge is 2.46. The van der Waals surface area contributed by atoms with Crippen molar-refractivity contribution in [2.75, 3.05) is 0 Å². The summed E-state index contributed by atoms with van der Waals surface area (Å²) < 4.78 is 6.19. The quantitative estimate of drug-likeness (QED) is 0.160. The van der Waals surface area contributed by atoms with E-state index < -0.39 is 5.41 Å². The van der Waals surface area contributed by atoms with Crippen molar-refractivity contribution < 1.29 is 4.42 Å². The molecular formula is C63H40N2O. The SMILES string of the molecule is c1ccc(-c2nc(-c3ccc4oc5ccccc5c4c3)cc(-c3ccc(-c4ccc(-c5ccc6c(c5)C(c5ccccc5)(c5ccccc5)c5ccccc5-6)cc4)c4ccccc34)n2)cc1. The van der Waals surface area contributed by atoms with Crippen LogP contribution in [0.4, 0.5) is 0 Å². The molecule has 0 aliphatic heterocycles. The van der Waals surface area contributed by atoms with E-state index >= 15 is 0 Å². The fourth-order valence-electron chi connectivity index (χ4n) is 10.6. The molecule has 308 valence electrons. The van der Waals surface area contributed by atoms with E-state index in [9.17, 15) is 0 Å². The van der Waals surface area contributed by atoms with Crippen LogP contribution in [-0.4, -0.2) is 9.97 Å². The van der Waals surface area contributed by atoms with Crippen molar-refractivity contribution in [3.63, 3.8) is 0 Å². The Labute approximate surface area is 383 Å². The molecule has 0 bridgehead atoms. The van der Waals surface area contributed by atoms with Gasteiger partial charge in [-0.25, -0.2) is 9.97 Å². The van der Waals surface area contributed by atoms with Crippen molar-refractivity contribution in [3.8, 4) is 67.3 Å². The molecule has 0 spiro atoms. The topological polar surface area (TPSA) is 38.9 Å². The third-order valence-electron chi connectivity index (χ3n) is 13.6. The summed E-state index contributed by atoms with van der Waals surface area (Å²) >= 11 is 0. The number of para-hydroxylation sites is 1. The van der Waals surface area contributed by atoms with Gasteiger partial charge in [-0.2, -0.15) is 0 Å². The van der Waals surface area contributed by atoms with Crippen molar-refractivity contribution in [3.05, 3.63) is 265 Å². The largest absolute Gasteiger partial charge is 0.456 e. The van der Waals surface area contributed by atoms with Crippen molar-refractivity contribution in [2.24, 2.45) is 0 Å². The highest BCUT2D eigenvalue weighted by Crippen LogP contribution is 2.56. The molecule has 10 aromatic carbocycles. The smallest absolute Gasteiger partial charge is 0.160 e. The van der Waals surface area contributed by atoms with Crippen molar-refractivity contribution >= 4 is 32.7 Å². The summed E-state index contributed by atoms with van der Waals surface area (Å²) in [4.78, 5) is 10.4. The Morgan fingerprint density at radius 2 is 0.818 bits per heavy atom. The van der Waals surface area contributed by atoms with Crippen molar-refractivity contribution in [1.29, 1.82) is 0 Å². The second-order valence-electron chi connectivity index (χ2n) is 17.2. The molecule has 1 aliphatic carbocycles. The van der Waals surface area contributed by atoms with Gasteiger partial charge < -0.3 is 4.42 Å². The van der Waals surface area contributed by atoms with Crippen LogP contribution >= 0.6 is 0 Å². The molecule has 0 N–H and O–H groups in total. The summed E-state index contributed by atoms with van der Waals surface area (Å²) in [5.74, 6) is 0.684. The van der Waals surface area contributed by atoms with Gasteiger partial charge in [-0.1, -0.05) is 206 Å². The molecule has 3 heteroatoms. The summed E-state index contributed by atoms with van der Waals surface area (Å²) in [7, 11) is 0. The molecule has 0 saturated heterocycles. The van der Waals surface area contributed by atoms with Crippen LogP contribution in [0.25, 0.3) is 100.0 Å². The van der Waals surface area contributed by atoms with E-state index in [-0.39, 0.29) is 0 Å². The van der Waals surface area contributed by atoms with Gasteiger partial charge >= 0.3 is 0 Å². The number of rotatable bonds is 7. The fourth-order valence-corrected chi connectivity index (χ4v) is 10.6. The average molecular weight is 841 g/mol. The summed E-state index contributed by atoms with van der Waals surface area (Å²) in [6, 6.07) is 87.2.